The number of aryl methyl sites for hydroxylation is 1. The molecule has 0 spiro atoms. The first kappa shape index (κ1) is 24.5. The summed E-state index contributed by atoms with van der Waals surface area (Å²) in [7, 11) is 1.96. The standard InChI is InChI=1S/C25H25F3N2O2S/c1-15(2)21-13-20(11-7-17(21)8-12-23(31)32)30(4)14-22-16(3)29-24(33-22)18-5-9-19(10-6-18)25(26,27)28/h5-13,15H,14H2,1-4H3,(H,31,32)/b12-8+. The Morgan fingerprint density at radius 1 is 1.18 bits per heavy atom. The molecule has 1 aromatic heterocycles. The number of carboxylic acids is 1. The number of hydrogen-bond acceptors (Lipinski definition) is 4. The molecule has 174 valence electrons. The lowest BCUT2D eigenvalue weighted by Gasteiger charge is -2.21. The number of alkyl halides is 3. The molecule has 1 heterocycles. The molecule has 8 heteroatoms. The zero-order chi connectivity index (χ0) is 24.3. The molecule has 0 atom stereocenters. The number of halogens is 3. The molecule has 4 nitrogen and oxygen atoms in total. The van der Waals surface area contributed by atoms with Crippen LogP contribution in [0.1, 0.15) is 47.0 Å². The first-order valence-corrected chi connectivity index (χ1v) is 11.2. The lowest BCUT2D eigenvalue weighted by Crippen LogP contribution is -2.16. The summed E-state index contributed by atoms with van der Waals surface area (Å²) in [5.74, 6) is -0.779. The van der Waals surface area contributed by atoms with Crippen LogP contribution in [-0.4, -0.2) is 23.1 Å². The SMILES string of the molecule is Cc1nc(-c2ccc(C(F)(F)F)cc2)sc1CN(C)c1ccc(/C=C/C(=O)O)c(C(C)C)c1. The van der Waals surface area contributed by atoms with Crippen LogP contribution in [-0.2, 0) is 17.5 Å². The van der Waals surface area contributed by atoms with Gasteiger partial charge in [-0.05, 0) is 54.3 Å². The van der Waals surface area contributed by atoms with Crippen molar-refractivity contribution in [3.8, 4) is 10.6 Å². The third-order valence-electron chi connectivity index (χ3n) is 5.27. The molecule has 0 aliphatic carbocycles. The van der Waals surface area contributed by atoms with E-state index in [0.717, 1.165) is 45.6 Å². The van der Waals surface area contributed by atoms with Crippen molar-refractivity contribution in [1.82, 2.24) is 4.98 Å². The fraction of sp³-hybridized carbons (Fsp3) is 0.280. The van der Waals surface area contributed by atoms with Gasteiger partial charge >= 0.3 is 12.1 Å². The predicted octanol–water partition coefficient (Wildman–Crippen LogP) is 6.99. The highest BCUT2D eigenvalue weighted by Gasteiger charge is 2.30. The average molecular weight is 475 g/mol. The maximum atomic E-state index is 12.8. The van der Waals surface area contributed by atoms with Gasteiger partial charge in [-0.15, -0.1) is 11.3 Å². The highest BCUT2D eigenvalue weighted by Crippen LogP contribution is 2.34. The van der Waals surface area contributed by atoms with Gasteiger partial charge < -0.3 is 10.0 Å². The molecule has 0 bridgehead atoms. The molecule has 0 aliphatic heterocycles. The maximum absolute atomic E-state index is 12.8. The number of thiazole rings is 1. The van der Waals surface area contributed by atoms with E-state index in [1.165, 1.54) is 23.5 Å². The van der Waals surface area contributed by atoms with Crippen LogP contribution in [0.2, 0.25) is 0 Å². The van der Waals surface area contributed by atoms with Crippen molar-refractivity contribution in [2.75, 3.05) is 11.9 Å². The number of hydrogen-bond donors (Lipinski definition) is 1. The lowest BCUT2D eigenvalue weighted by atomic mass is 9.96. The van der Waals surface area contributed by atoms with Gasteiger partial charge in [0.05, 0.1) is 17.8 Å². The van der Waals surface area contributed by atoms with Gasteiger partial charge in [-0.25, -0.2) is 9.78 Å². The molecule has 0 saturated carbocycles. The van der Waals surface area contributed by atoms with Gasteiger partial charge in [-0.2, -0.15) is 13.2 Å². The van der Waals surface area contributed by atoms with E-state index in [2.05, 4.69) is 29.8 Å². The molecular weight excluding hydrogens is 449 g/mol. The van der Waals surface area contributed by atoms with Crippen LogP contribution in [0.15, 0.2) is 48.5 Å². The molecule has 0 amide bonds. The van der Waals surface area contributed by atoms with Gasteiger partial charge in [0.25, 0.3) is 0 Å². The molecule has 0 unspecified atom stereocenters. The number of nitrogens with zero attached hydrogens (tertiary/aromatic N) is 2. The van der Waals surface area contributed by atoms with E-state index in [0.29, 0.717) is 17.1 Å². The Kier molecular flexibility index (Phi) is 7.27. The number of rotatable bonds is 7. The van der Waals surface area contributed by atoms with E-state index in [4.69, 9.17) is 5.11 Å². The number of carboxylic acid groups (broad SMARTS) is 1. The van der Waals surface area contributed by atoms with Crippen LogP contribution in [0, 0.1) is 6.92 Å². The molecule has 33 heavy (non-hydrogen) atoms. The maximum Gasteiger partial charge on any atom is 0.416 e. The molecule has 3 aromatic rings. The molecule has 3 rings (SSSR count). The largest absolute Gasteiger partial charge is 0.478 e. The van der Waals surface area contributed by atoms with Gasteiger partial charge in [0, 0.05) is 29.3 Å². The Morgan fingerprint density at radius 3 is 2.42 bits per heavy atom. The van der Waals surface area contributed by atoms with Gasteiger partial charge in [-0.1, -0.05) is 32.0 Å². The normalized spacial score (nSPS) is 12.0. The van der Waals surface area contributed by atoms with Crippen molar-refractivity contribution in [2.24, 2.45) is 0 Å². The Labute approximate surface area is 195 Å². The molecule has 1 N–H and O–H groups in total. The molecule has 0 saturated heterocycles. The smallest absolute Gasteiger partial charge is 0.416 e. The summed E-state index contributed by atoms with van der Waals surface area (Å²) in [4.78, 5) is 18.5. The van der Waals surface area contributed by atoms with Crippen molar-refractivity contribution in [2.45, 2.75) is 39.4 Å². The van der Waals surface area contributed by atoms with Gasteiger partial charge in [0.2, 0.25) is 0 Å². The number of benzene rings is 2. The van der Waals surface area contributed by atoms with Crippen LogP contribution >= 0.6 is 11.3 Å². The van der Waals surface area contributed by atoms with E-state index in [1.54, 1.807) is 6.08 Å². The Balaban J connectivity index is 1.82. The second-order valence-electron chi connectivity index (χ2n) is 8.10. The minimum Gasteiger partial charge on any atom is -0.478 e. The van der Waals surface area contributed by atoms with E-state index in [1.807, 2.05) is 26.1 Å². The first-order chi connectivity index (χ1) is 15.5. The molecular formula is C25H25F3N2O2S. The summed E-state index contributed by atoms with van der Waals surface area (Å²) in [6.45, 7) is 6.60. The second kappa shape index (κ2) is 9.79. The summed E-state index contributed by atoms with van der Waals surface area (Å²) in [6, 6.07) is 11.0. The van der Waals surface area contributed by atoms with E-state index in [-0.39, 0.29) is 5.92 Å². The summed E-state index contributed by atoms with van der Waals surface area (Å²) in [5, 5.41) is 9.60. The Hall–Kier alpha value is -3.13. The van der Waals surface area contributed by atoms with Gasteiger partial charge in [-0.3, -0.25) is 0 Å². The van der Waals surface area contributed by atoms with E-state index < -0.39 is 17.7 Å². The van der Waals surface area contributed by atoms with E-state index in [9.17, 15) is 18.0 Å². The van der Waals surface area contributed by atoms with Crippen LogP contribution in [0.25, 0.3) is 16.6 Å². The minimum atomic E-state index is -4.36. The summed E-state index contributed by atoms with van der Waals surface area (Å²) in [5.41, 5.74) is 3.71. The zero-order valence-corrected chi connectivity index (χ0v) is 19.6. The minimum absolute atomic E-state index is 0.211. The number of anilines is 1. The van der Waals surface area contributed by atoms with Crippen molar-refractivity contribution in [3.05, 3.63) is 75.8 Å². The molecule has 0 radical (unpaired) electrons. The van der Waals surface area contributed by atoms with Gasteiger partial charge in [0.1, 0.15) is 5.01 Å². The predicted molar refractivity (Wildman–Crippen MR) is 127 cm³/mol. The van der Waals surface area contributed by atoms with Crippen LogP contribution in [0.5, 0.6) is 0 Å². The lowest BCUT2D eigenvalue weighted by molar-refractivity contribution is -0.137. The van der Waals surface area contributed by atoms with Gasteiger partial charge in [0.15, 0.2) is 0 Å². The Bertz CT molecular complexity index is 1170. The van der Waals surface area contributed by atoms with Crippen LogP contribution < -0.4 is 4.90 Å². The fourth-order valence-electron chi connectivity index (χ4n) is 3.42. The highest BCUT2D eigenvalue weighted by atomic mass is 32.1. The van der Waals surface area contributed by atoms with Crippen LogP contribution in [0.3, 0.4) is 0 Å². The number of aliphatic carboxylic acids is 1. The summed E-state index contributed by atoms with van der Waals surface area (Å²) < 4.78 is 38.5. The van der Waals surface area contributed by atoms with Crippen molar-refractivity contribution >= 4 is 29.1 Å². The third kappa shape index (κ3) is 6.01. The van der Waals surface area contributed by atoms with Crippen molar-refractivity contribution in [1.29, 1.82) is 0 Å². The first-order valence-electron chi connectivity index (χ1n) is 10.4. The van der Waals surface area contributed by atoms with Crippen LogP contribution in [0.4, 0.5) is 18.9 Å². The average Bonchev–Trinajstić information content (AvgIpc) is 3.11. The second-order valence-corrected chi connectivity index (χ2v) is 9.18. The summed E-state index contributed by atoms with van der Waals surface area (Å²) >= 11 is 1.46. The molecule has 0 fully saturated rings. The number of aromatic nitrogens is 1. The third-order valence-corrected chi connectivity index (χ3v) is 6.46. The molecule has 0 aliphatic rings. The monoisotopic (exact) mass is 474 g/mol. The van der Waals surface area contributed by atoms with E-state index >= 15 is 0 Å². The number of carbonyl (C=O) groups is 1. The van der Waals surface area contributed by atoms with Crippen molar-refractivity contribution in [3.63, 3.8) is 0 Å². The van der Waals surface area contributed by atoms with Crippen molar-refractivity contribution < 1.29 is 23.1 Å². The zero-order valence-electron chi connectivity index (χ0n) is 18.8. The Morgan fingerprint density at radius 2 is 1.85 bits per heavy atom. The highest BCUT2D eigenvalue weighted by molar-refractivity contribution is 7.15. The quantitative estimate of drug-likeness (QED) is 0.375. The molecule has 2 aromatic carbocycles. The topological polar surface area (TPSA) is 53.4 Å². The summed E-state index contributed by atoms with van der Waals surface area (Å²) in [6.07, 6.45) is -1.63. The fourth-order valence-corrected chi connectivity index (χ4v) is 4.54.